The van der Waals surface area contributed by atoms with Crippen LogP contribution in [0.4, 0.5) is 0 Å². The molecule has 0 heterocycles. The number of rotatable bonds is 6. The van der Waals surface area contributed by atoms with Crippen molar-refractivity contribution >= 4 is 35.1 Å². The van der Waals surface area contributed by atoms with Gasteiger partial charge in [0.05, 0.1) is 6.10 Å². The number of carbonyl (C=O) groups is 4. The third-order valence-corrected chi connectivity index (χ3v) is 10.1. The van der Waals surface area contributed by atoms with Gasteiger partial charge in [-0.25, -0.2) is 0 Å². The lowest BCUT2D eigenvalue weighted by Crippen LogP contribution is -2.65. The van der Waals surface area contributed by atoms with Crippen molar-refractivity contribution in [2.24, 2.45) is 34.5 Å². The molecule has 9 atom stereocenters. The van der Waals surface area contributed by atoms with Gasteiger partial charge in [-0.1, -0.05) is 46.3 Å². The van der Waals surface area contributed by atoms with Crippen LogP contribution in [-0.2, 0) is 28.7 Å². The Bertz CT molecular complexity index is 1030. The van der Waals surface area contributed by atoms with Crippen LogP contribution in [0.5, 0.6) is 0 Å². The summed E-state index contributed by atoms with van der Waals surface area (Å²) in [5.41, 5.74) is -2.06. The molecule has 0 aromatic carbocycles. The average molecular weight is 521 g/mol. The first-order chi connectivity index (χ1) is 16.9. The molecule has 0 amide bonds. The Morgan fingerprint density at radius 3 is 2.47 bits per heavy atom. The number of ketones is 2. The van der Waals surface area contributed by atoms with Crippen LogP contribution in [-0.4, -0.2) is 52.3 Å². The van der Waals surface area contributed by atoms with E-state index in [9.17, 15) is 24.3 Å². The Balaban J connectivity index is 1.79. The molecule has 1 N–H and O–H groups in total. The fourth-order valence-electron chi connectivity index (χ4n) is 8.04. The zero-order valence-corrected chi connectivity index (χ0v) is 22.5. The molecule has 3 saturated carbocycles. The molecule has 4 aliphatic carbocycles. The SMILES string of the molecule is CCC(=O)OCC(=O)[C@@]1(OC(=O)CC)[C@H](C)C[C@H]2C3C(C(O)CC21C)C1(C)C=CC(=O)C=C1C[C@H]3Cl. The van der Waals surface area contributed by atoms with Gasteiger partial charge in [0.2, 0.25) is 5.78 Å². The van der Waals surface area contributed by atoms with E-state index in [1.54, 1.807) is 26.0 Å². The van der Waals surface area contributed by atoms with E-state index in [-0.39, 0.29) is 54.1 Å². The van der Waals surface area contributed by atoms with Gasteiger partial charge < -0.3 is 14.6 Å². The maximum Gasteiger partial charge on any atom is 0.306 e. The van der Waals surface area contributed by atoms with Crippen molar-refractivity contribution in [3.8, 4) is 0 Å². The van der Waals surface area contributed by atoms with Gasteiger partial charge >= 0.3 is 11.9 Å². The number of alkyl halides is 1. The van der Waals surface area contributed by atoms with E-state index in [4.69, 9.17) is 21.1 Å². The number of Topliss-reactive ketones (excluding diaryl/α,β-unsaturated/α-hetero) is 1. The summed E-state index contributed by atoms with van der Waals surface area (Å²) in [5.74, 6) is -2.44. The Morgan fingerprint density at radius 2 is 1.83 bits per heavy atom. The highest BCUT2D eigenvalue weighted by atomic mass is 35.5. The first-order valence-corrected chi connectivity index (χ1v) is 13.5. The normalized spacial score (nSPS) is 43.1. The maximum atomic E-state index is 13.9. The maximum absolute atomic E-state index is 13.9. The van der Waals surface area contributed by atoms with Gasteiger partial charge in [0.1, 0.15) is 0 Å². The number of hydrogen-bond donors (Lipinski definition) is 1. The molecular formula is C28H37ClO7. The van der Waals surface area contributed by atoms with Crippen LogP contribution in [0.1, 0.15) is 66.7 Å². The second kappa shape index (κ2) is 9.39. The summed E-state index contributed by atoms with van der Waals surface area (Å²) in [7, 11) is 0. The van der Waals surface area contributed by atoms with Crippen LogP contribution in [0.2, 0.25) is 0 Å². The minimum atomic E-state index is -1.54. The molecule has 36 heavy (non-hydrogen) atoms. The van der Waals surface area contributed by atoms with E-state index in [0.717, 1.165) is 5.57 Å². The fraction of sp³-hybridized carbons (Fsp3) is 0.714. The number of aliphatic hydroxyl groups is 1. The standard InChI is InChI=1S/C28H37ClO7/c1-6-22(33)35-14-21(32)28(36-23(34)7-2)15(3)10-18-24-19(29)12-16-11-17(30)8-9-26(16,4)25(24)20(31)13-27(18,28)5/h8-9,11,15,18-20,24-25,31H,6-7,10,12-14H2,1-5H3/t15-,18+,19-,20?,24?,25?,26?,27?,28+/m1/s1. The van der Waals surface area contributed by atoms with Crippen LogP contribution < -0.4 is 0 Å². The zero-order valence-electron chi connectivity index (χ0n) is 21.7. The minimum Gasteiger partial charge on any atom is -0.457 e. The quantitative estimate of drug-likeness (QED) is 0.417. The Hall–Kier alpha value is -1.99. The zero-order chi connectivity index (χ0) is 26.6. The predicted molar refractivity (Wildman–Crippen MR) is 133 cm³/mol. The summed E-state index contributed by atoms with van der Waals surface area (Å²) < 4.78 is 11.3. The first-order valence-electron chi connectivity index (χ1n) is 13.0. The molecule has 0 saturated heterocycles. The molecule has 7 nitrogen and oxygen atoms in total. The Labute approximate surface area is 217 Å². The van der Waals surface area contributed by atoms with Crippen molar-refractivity contribution in [2.75, 3.05) is 6.61 Å². The molecule has 4 rings (SSSR count). The number of esters is 2. The van der Waals surface area contributed by atoms with Crippen LogP contribution in [0.25, 0.3) is 0 Å². The number of allylic oxidation sites excluding steroid dienone is 4. The summed E-state index contributed by atoms with van der Waals surface area (Å²) in [4.78, 5) is 50.5. The van der Waals surface area contributed by atoms with Crippen LogP contribution in [0.15, 0.2) is 23.8 Å². The summed E-state index contributed by atoms with van der Waals surface area (Å²) in [6, 6.07) is 0. The number of halogens is 1. The van der Waals surface area contributed by atoms with Crippen molar-refractivity contribution in [3.63, 3.8) is 0 Å². The largest absolute Gasteiger partial charge is 0.457 e. The van der Waals surface area contributed by atoms with E-state index in [0.29, 0.717) is 12.8 Å². The molecule has 0 spiro atoms. The van der Waals surface area contributed by atoms with E-state index in [2.05, 4.69) is 0 Å². The fourth-order valence-corrected chi connectivity index (χ4v) is 8.54. The molecule has 4 aliphatic rings. The smallest absolute Gasteiger partial charge is 0.306 e. The van der Waals surface area contributed by atoms with Crippen LogP contribution in [0.3, 0.4) is 0 Å². The molecule has 3 fully saturated rings. The number of hydrogen-bond acceptors (Lipinski definition) is 7. The highest BCUT2D eigenvalue weighted by molar-refractivity contribution is 6.21. The second-order valence-electron chi connectivity index (χ2n) is 11.4. The number of fused-ring (bicyclic) bond motifs is 5. The highest BCUT2D eigenvalue weighted by Crippen LogP contribution is 2.69. The molecule has 0 aromatic heterocycles. The molecule has 0 aliphatic heterocycles. The third kappa shape index (κ3) is 3.80. The van der Waals surface area contributed by atoms with Gasteiger partial charge in [-0.3, -0.25) is 19.2 Å². The molecule has 0 radical (unpaired) electrons. The van der Waals surface area contributed by atoms with Gasteiger partial charge in [-0.05, 0) is 43.3 Å². The Kier molecular flexibility index (Phi) is 7.06. The van der Waals surface area contributed by atoms with E-state index in [1.807, 2.05) is 26.8 Å². The van der Waals surface area contributed by atoms with E-state index >= 15 is 0 Å². The number of carbonyl (C=O) groups excluding carboxylic acids is 4. The molecule has 0 bridgehead atoms. The third-order valence-electron chi connectivity index (χ3n) is 9.65. The summed E-state index contributed by atoms with van der Waals surface area (Å²) in [6.07, 6.45) is 5.79. The highest BCUT2D eigenvalue weighted by Gasteiger charge is 2.73. The Morgan fingerprint density at radius 1 is 1.17 bits per heavy atom. The minimum absolute atomic E-state index is 0.0767. The molecule has 0 aromatic rings. The van der Waals surface area contributed by atoms with Crippen LogP contribution >= 0.6 is 11.6 Å². The monoisotopic (exact) mass is 520 g/mol. The van der Waals surface area contributed by atoms with Crippen LogP contribution in [0, 0.1) is 34.5 Å². The lowest BCUT2D eigenvalue weighted by Gasteiger charge is -2.61. The van der Waals surface area contributed by atoms with Gasteiger partial charge in [0, 0.05) is 40.9 Å². The van der Waals surface area contributed by atoms with Crippen molar-refractivity contribution < 1.29 is 33.8 Å². The van der Waals surface area contributed by atoms with Gasteiger partial charge in [0.15, 0.2) is 18.0 Å². The molecular weight excluding hydrogens is 484 g/mol. The topological polar surface area (TPSA) is 107 Å². The number of ether oxygens (including phenoxy) is 2. The first kappa shape index (κ1) is 27.1. The van der Waals surface area contributed by atoms with Gasteiger partial charge in [-0.15, -0.1) is 11.6 Å². The lowest BCUT2D eigenvalue weighted by molar-refractivity contribution is -0.205. The van der Waals surface area contributed by atoms with Crippen molar-refractivity contribution in [1.82, 2.24) is 0 Å². The van der Waals surface area contributed by atoms with Gasteiger partial charge in [0.25, 0.3) is 0 Å². The van der Waals surface area contributed by atoms with E-state index in [1.165, 1.54) is 0 Å². The van der Waals surface area contributed by atoms with Crippen molar-refractivity contribution in [1.29, 1.82) is 0 Å². The summed E-state index contributed by atoms with van der Waals surface area (Å²) >= 11 is 7.04. The summed E-state index contributed by atoms with van der Waals surface area (Å²) in [6.45, 7) is 8.69. The summed E-state index contributed by atoms with van der Waals surface area (Å²) in [5, 5.41) is 11.4. The van der Waals surface area contributed by atoms with Crippen molar-refractivity contribution in [3.05, 3.63) is 23.8 Å². The number of aliphatic hydroxyl groups excluding tert-OH is 1. The lowest BCUT2D eigenvalue weighted by atomic mass is 9.46. The molecule has 198 valence electrons. The van der Waals surface area contributed by atoms with E-state index < -0.39 is 46.9 Å². The molecule has 8 heteroatoms. The van der Waals surface area contributed by atoms with Crippen molar-refractivity contribution in [2.45, 2.75) is 83.8 Å². The van der Waals surface area contributed by atoms with Gasteiger partial charge in [-0.2, -0.15) is 0 Å². The second-order valence-corrected chi connectivity index (χ2v) is 12.0. The molecule has 5 unspecified atom stereocenters. The average Bonchev–Trinajstić information content (AvgIpc) is 3.04. The predicted octanol–water partition coefficient (Wildman–Crippen LogP) is 3.94.